The molecular formula is C21H23N3O6. The number of anilines is 1. The first kappa shape index (κ1) is 21.0. The van der Waals surface area contributed by atoms with Gasteiger partial charge in [0.2, 0.25) is 6.79 Å². The molecule has 1 heterocycles. The van der Waals surface area contributed by atoms with E-state index < -0.39 is 24.5 Å². The van der Waals surface area contributed by atoms with Gasteiger partial charge in [0.15, 0.2) is 18.1 Å². The number of hydrogen-bond acceptors (Lipinski definition) is 6. The Morgan fingerprint density at radius 1 is 1.07 bits per heavy atom. The number of para-hydroxylation sites is 1. The van der Waals surface area contributed by atoms with Crippen LogP contribution < -0.4 is 25.4 Å². The van der Waals surface area contributed by atoms with E-state index in [1.54, 1.807) is 30.3 Å². The van der Waals surface area contributed by atoms with Crippen LogP contribution in [0.1, 0.15) is 29.8 Å². The summed E-state index contributed by atoms with van der Waals surface area (Å²) in [5.41, 5.74) is 1.27. The number of carbonyl (C=O) groups excluding carboxylic acids is 3. The zero-order valence-electron chi connectivity index (χ0n) is 16.7. The molecule has 1 aliphatic rings. The van der Waals surface area contributed by atoms with Gasteiger partial charge in [-0.3, -0.25) is 4.79 Å². The molecule has 2 aromatic rings. The number of nitrogens with one attached hydrogen (secondary N) is 3. The van der Waals surface area contributed by atoms with Gasteiger partial charge in [0.25, 0.3) is 5.91 Å². The minimum atomic E-state index is -0.714. The number of carbonyl (C=O) groups is 3. The van der Waals surface area contributed by atoms with Crippen molar-refractivity contribution in [3.63, 3.8) is 0 Å². The van der Waals surface area contributed by atoms with Crippen LogP contribution in [0.3, 0.4) is 0 Å². The van der Waals surface area contributed by atoms with Gasteiger partial charge in [0, 0.05) is 12.6 Å². The number of esters is 1. The quantitative estimate of drug-likeness (QED) is 0.601. The van der Waals surface area contributed by atoms with Crippen LogP contribution in [0.25, 0.3) is 0 Å². The van der Waals surface area contributed by atoms with Gasteiger partial charge in [-0.15, -0.1) is 0 Å². The lowest BCUT2D eigenvalue weighted by atomic mass is 10.2. The average molecular weight is 413 g/mol. The third-order valence-electron chi connectivity index (χ3n) is 4.08. The molecule has 0 aromatic heterocycles. The molecule has 0 radical (unpaired) electrons. The molecular weight excluding hydrogens is 390 g/mol. The lowest BCUT2D eigenvalue weighted by molar-refractivity contribution is -0.124. The number of rotatable bonds is 7. The second-order valence-electron chi connectivity index (χ2n) is 6.84. The largest absolute Gasteiger partial charge is 0.454 e. The summed E-state index contributed by atoms with van der Waals surface area (Å²) in [6.07, 6.45) is 0. The highest BCUT2D eigenvalue weighted by Crippen LogP contribution is 2.32. The van der Waals surface area contributed by atoms with E-state index in [9.17, 15) is 14.4 Å². The Balaban J connectivity index is 1.50. The van der Waals surface area contributed by atoms with Crippen molar-refractivity contribution in [3.05, 3.63) is 53.6 Å². The summed E-state index contributed by atoms with van der Waals surface area (Å²) < 4.78 is 15.6. The molecule has 30 heavy (non-hydrogen) atoms. The number of hydrogen-bond donors (Lipinski definition) is 3. The average Bonchev–Trinajstić information content (AvgIpc) is 3.18. The maximum Gasteiger partial charge on any atom is 0.340 e. The van der Waals surface area contributed by atoms with Gasteiger partial charge in [0.05, 0.1) is 11.3 Å². The Morgan fingerprint density at radius 2 is 1.83 bits per heavy atom. The summed E-state index contributed by atoms with van der Waals surface area (Å²) in [4.78, 5) is 36.3. The molecule has 0 spiro atoms. The fourth-order valence-corrected chi connectivity index (χ4v) is 2.70. The van der Waals surface area contributed by atoms with Crippen LogP contribution in [0.5, 0.6) is 11.5 Å². The number of urea groups is 1. The van der Waals surface area contributed by atoms with Gasteiger partial charge in [-0.2, -0.15) is 0 Å². The minimum Gasteiger partial charge on any atom is -0.454 e. The van der Waals surface area contributed by atoms with Crippen molar-refractivity contribution in [3.8, 4) is 11.5 Å². The van der Waals surface area contributed by atoms with E-state index in [1.807, 2.05) is 19.9 Å². The van der Waals surface area contributed by atoms with Gasteiger partial charge < -0.3 is 30.2 Å². The number of amides is 3. The Hall–Kier alpha value is -3.75. The summed E-state index contributed by atoms with van der Waals surface area (Å²) >= 11 is 0. The topological polar surface area (TPSA) is 115 Å². The van der Waals surface area contributed by atoms with E-state index in [-0.39, 0.29) is 24.9 Å². The molecule has 0 unspecified atom stereocenters. The maximum absolute atomic E-state index is 12.4. The molecule has 1 aliphatic heterocycles. The predicted octanol–water partition coefficient (Wildman–Crippen LogP) is 2.42. The van der Waals surface area contributed by atoms with Crippen molar-refractivity contribution in [2.45, 2.75) is 26.4 Å². The van der Waals surface area contributed by atoms with Gasteiger partial charge in [-0.1, -0.05) is 18.2 Å². The second-order valence-corrected chi connectivity index (χ2v) is 6.84. The molecule has 158 valence electrons. The van der Waals surface area contributed by atoms with E-state index in [4.69, 9.17) is 14.2 Å². The van der Waals surface area contributed by atoms with Gasteiger partial charge in [0.1, 0.15) is 0 Å². The summed E-state index contributed by atoms with van der Waals surface area (Å²) in [7, 11) is 0. The Labute approximate surface area is 173 Å². The van der Waals surface area contributed by atoms with Crippen molar-refractivity contribution < 1.29 is 28.6 Å². The Bertz CT molecular complexity index is 944. The Kier molecular flexibility index (Phi) is 6.74. The maximum atomic E-state index is 12.4. The fourth-order valence-electron chi connectivity index (χ4n) is 2.70. The molecule has 3 rings (SSSR count). The molecule has 9 heteroatoms. The van der Waals surface area contributed by atoms with Gasteiger partial charge >= 0.3 is 12.0 Å². The normalized spacial score (nSPS) is 11.7. The number of benzene rings is 2. The SMILES string of the molecule is CC(C)NC(=O)Nc1ccccc1C(=O)OCC(=O)NCc1ccc2c(c1)OCO2. The van der Waals surface area contributed by atoms with Crippen LogP contribution >= 0.6 is 0 Å². The van der Waals surface area contributed by atoms with Crippen molar-refractivity contribution in [2.75, 3.05) is 18.7 Å². The first-order chi connectivity index (χ1) is 14.4. The van der Waals surface area contributed by atoms with Crippen LogP contribution in [-0.2, 0) is 16.1 Å². The molecule has 3 amide bonds. The molecule has 0 saturated heterocycles. The van der Waals surface area contributed by atoms with Crippen LogP contribution in [0.4, 0.5) is 10.5 Å². The highest BCUT2D eigenvalue weighted by molar-refractivity contribution is 6.01. The summed E-state index contributed by atoms with van der Waals surface area (Å²) in [5, 5.41) is 7.95. The van der Waals surface area contributed by atoms with Gasteiger partial charge in [-0.25, -0.2) is 9.59 Å². The van der Waals surface area contributed by atoms with Crippen molar-refractivity contribution >= 4 is 23.6 Å². The standard InChI is InChI=1S/C21H23N3O6/c1-13(2)23-21(27)24-16-6-4-3-5-15(16)20(26)28-11-19(25)22-10-14-7-8-17-18(9-14)30-12-29-17/h3-9,13H,10-12H2,1-2H3,(H,22,25)(H2,23,24,27). The second kappa shape index (κ2) is 9.64. The zero-order valence-corrected chi connectivity index (χ0v) is 16.7. The van der Waals surface area contributed by atoms with Crippen LogP contribution in [0.2, 0.25) is 0 Å². The highest BCUT2D eigenvalue weighted by atomic mass is 16.7. The first-order valence-corrected chi connectivity index (χ1v) is 9.41. The van der Waals surface area contributed by atoms with Crippen LogP contribution in [-0.4, -0.2) is 37.3 Å². The molecule has 2 aromatic carbocycles. The lowest BCUT2D eigenvalue weighted by Gasteiger charge is -2.13. The molecule has 0 bridgehead atoms. The summed E-state index contributed by atoms with van der Waals surface area (Å²) in [5.74, 6) is 0.116. The fraction of sp³-hybridized carbons (Fsp3) is 0.286. The third-order valence-corrected chi connectivity index (χ3v) is 4.08. The molecule has 3 N–H and O–H groups in total. The van der Waals surface area contributed by atoms with Crippen LogP contribution in [0.15, 0.2) is 42.5 Å². The lowest BCUT2D eigenvalue weighted by Crippen LogP contribution is -2.34. The molecule has 9 nitrogen and oxygen atoms in total. The highest BCUT2D eigenvalue weighted by Gasteiger charge is 2.17. The minimum absolute atomic E-state index is 0.0578. The van der Waals surface area contributed by atoms with E-state index in [0.717, 1.165) is 5.56 Å². The van der Waals surface area contributed by atoms with E-state index in [1.165, 1.54) is 6.07 Å². The van der Waals surface area contributed by atoms with E-state index in [0.29, 0.717) is 17.2 Å². The molecule has 0 atom stereocenters. The van der Waals surface area contributed by atoms with Gasteiger partial charge in [-0.05, 0) is 43.7 Å². The van der Waals surface area contributed by atoms with Crippen LogP contribution in [0, 0.1) is 0 Å². The monoisotopic (exact) mass is 413 g/mol. The van der Waals surface area contributed by atoms with E-state index in [2.05, 4.69) is 16.0 Å². The van der Waals surface area contributed by atoms with Crippen molar-refractivity contribution in [1.29, 1.82) is 0 Å². The number of fused-ring (bicyclic) bond motifs is 1. The smallest absolute Gasteiger partial charge is 0.340 e. The Morgan fingerprint density at radius 3 is 2.63 bits per heavy atom. The summed E-state index contributed by atoms with van der Waals surface area (Å²) in [6, 6.07) is 11.3. The molecule has 0 fully saturated rings. The number of ether oxygens (including phenoxy) is 3. The molecule has 0 aliphatic carbocycles. The van der Waals surface area contributed by atoms with Crippen molar-refractivity contribution in [2.24, 2.45) is 0 Å². The summed E-state index contributed by atoms with van der Waals surface area (Å²) in [6.45, 7) is 3.62. The molecule has 0 saturated carbocycles. The first-order valence-electron chi connectivity index (χ1n) is 9.41. The van der Waals surface area contributed by atoms with Crippen molar-refractivity contribution in [1.82, 2.24) is 10.6 Å². The van der Waals surface area contributed by atoms with E-state index >= 15 is 0 Å². The zero-order chi connectivity index (χ0) is 21.5. The predicted molar refractivity (Wildman–Crippen MR) is 108 cm³/mol. The third kappa shape index (κ3) is 5.63.